The summed E-state index contributed by atoms with van der Waals surface area (Å²) >= 11 is 2.97. The van der Waals surface area contributed by atoms with E-state index in [-0.39, 0.29) is 12.5 Å². The highest BCUT2D eigenvalue weighted by Crippen LogP contribution is 2.24. The van der Waals surface area contributed by atoms with Crippen LogP contribution in [0.4, 0.5) is 0 Å². The van der Waals surface area contributed by atoms with Gasteiger partial charge in [-0.3, -0.25) is 4.79 Å². The van der Waals surface area contributed by atoms with Gasteiger partial charge in [-0.2, -0.15) is 5.26 Å². The summed E-state index contributed by atoms with van der Waals surface area (Å²) in [6.07, 6.45) is 0. The van der Waals surface area contributed by atoms with Crippen LogP contribution in [0, 0.1) is 11.3 Å². The zero-order valence-electron chi connectivity index (χ0n) is 12.8. The lowest BCUT2D eigenvalue weighted by atomic mass is 10.1. The van der Waals surface area contributed by atoms with Gasteiger partial charge in [0, 0.05) is 10.6 Å². The quantitative estimate of drug-likeness (QED) is 0.808. The maximum absolute atomic E-state index is 11.9. The SMILES string of the molecule is CC(O)(CNC(=O)CSCc1ccc(C#N)cc1)c1cccs1. The Morgan fingerprint density at radius 2 is 2.13 bits per heavy atom. The van der Waals surface area contributed by atoms with Crippen LogP contribution < -0.4 is 5.32 Å². The molecule has 0 spiro atoms. The van der Waals surface area contributed by atoms with E-state index in [2.05, 4.69) is 11.4 Å². The molecule has 0 radical (unpaired) electrons. The van der Waals surface area contributed by atoms with Crippen molar-refractivity contribution < 1.29 is 9.90 Å². The molecule has 6 heteroatoms. The maximum atomic E-state index is 11.9. The average Bonchev–Trinajstić information content (AvgIpc) is 3.09. The van der Waals surface area contributed by atoms with Gasteiger partial charge in [-0.25, -0.2) is 0 Å². The molecule has 2 N–H and O–H groups in total. The Labute approximate surface area is 144 Å². The fourth-order valence-electron chi connectivity index (χ4n) is 1.93. The molecule has 120 valence electrons. The number of benzene rings is 1. The number of carbonyl (C=O) groups is 1. The van der Waals surface area contributed by atoms with Crippen molar-refractivity contribution in [2.75, 3.05) is 12.3 Å². The number of nitriles is 1. The summed E-state index contributed by atoms with van der Waals surface area (Å²) in [6, 6.07) is 13.1. The molecule has 4 nitrogen and oxygen atoms in total. The summed E-state index contributed by atoms with van der Waals surface area (Å²) in [5, 5.41) is 23.8. The maximum Gasteiger partial charge on any atom is 0.230 e. The monoisotopic (exact) mass is 346 g/mol. The molecule has 0 aliphatic rings. The Hall–Kier alpha value is -1.81. The Kier molecular flexibility index (Phi) is 6.22. The van der Waals surface area contributed by atoms with Crippen LogP contribution in [0.15, 0.2) is 41.8 Å². The Morgan fingerprint density at radius 3 is 2.74 bits per heavy atom. The first kappa shape index (κ1) is 17.5. The number of thioether (sulfide) groups is 1. The number of carbonyl (C=O) groups excluding carboxylic acids is 1. The number of aliphatic hydroxyl groups is 1. The predicted octanol–water partition coefficient (Wildman–Crippen LogP) is 2.88. The first-order valence-electron chi connectivity index (χ1n) is 7.11. The van der Waals surface area contributed by atoms with Gasteiger partial charge in [0.1, 0.15) is 5.60 Å². The van der Waals surface area contributed by atoms with Crippen LogP contribution in [-0.2, 0) is 16.1 Å². The molecule has 0 aliphatic heterocycles. The third kappa shape index (κ3) is 5.39. The van der Waals surface area contributed by atoms with E-state index in [0.717, 1.165) is 10.4 Å². The summed E-state index contributed by atoms with van der Waals surface area (Å²) in [6.45, 7) is 1.90. The van der Waals surface area contributed by atoms with Crippen molar-refractivity contribution >= 4 is 29.0 Å². The standard InChI is InChI=1S/C17H18N2O2S2/c1-17(21,15-3-2-8-23-15)12-19-16(20)11-22-10-14-6-4-13(9-18)5-7-14/h2-8,21H,10-12H2,1H3,(H,19,20). The molecule has 23 heavy (non-hydrogen) atoms. The molecule has 1 aromatic carbocycles. The van der Waals surface area contributed by atoms with E-state index >= 15 is 0 Å². The molecule has 2 aromatic rings. The largest absolute Gasteiger partial charge is 0.383 e. The molecule has 0 saturated carbocycles. The molecule has 0 fully saturated rings. The topological polar surface area (TPSA) is 73.1 Å². The Bertz CT molecular complexity index is 674. The lowest BCUT2D eigenvalue weighted by Gasteiger charge is -2.22. The Morgan fingerprint density at radius 1 is 1.39 bits per heavy atom. The van der Waals surface area contributed by atoms with Crippen LogP contribution in [0.2, 0.25) is 0 Å². The van der Waals surface area contributed by atoms with Crippen molar-refractivity contribution in [3.63, 3.8) is 0 Å². The third-order valence-electron chi connectivity index (χ3n) is 3.27. The first-order chi connectivity index (χ1) is 11.0. The highest BCUT2D eigenvalue weighted by atomic mass is 32.2. The molecule has 0 saturated heterocycles. The van der Waals surface area contributed by atoms with Crippen molar-refractivity contribution in [1.29, 1.82) is 5.26 Å². The van der Waals surface area contributed by atoms with Crippen molar-refractivity contribution in [2.45, 2.75) is 18.3 Å². The van der Waals surface area contributed by atoms with E-state index in [1.165, 1.54) is 23.1 Å². The minimum absolute atomic E-state index is 0.0968. The van der Waals surface area contributed by atoms with Crippen molar-refractivity contribution in [1.82, 2.24) is 5.32 Å². The highest BCUT2D eigenvalue weighted by molar-refractivity contribution is 7.99. The van der Waals surface area contributed by atoms with E-state index in [0.29, 0.717) is 17.1 Å². The van der Waals surface area contributed by atoms with Gasteiger partial charge in [0.25, 0.3) is 0 Å². The smallest absolute Gasteiger partial charge is 0.230 e. The van der Waals surface area contributed by atoms with Gasteiger partial charge in [-0.05, 0) is 36.1 Å². The van der Waals surface area contributed by atoms with Crippen LogP contribution in [0.5, 0.6) is 0 Å². The normalized spacial score (nSPS) is 13.1. The molecular formula is C17H18N2O2S2. The summed E-state index contributed by atoms with van der Waals surface area (Å²) in [7, 11) is 0. The van der Waals surface area contributed by atoms with Gasteiger partial charge in [0.2, 0.25) is 5.91 Å². The minimum atomic E-state index is -1.04. The summed E-state index contributed by atoms with van der Waals surface area (Å²) < 4.78 is 0. The number of hydrogen-bond acceptors (Lipinski definition) is 5. The van der Waals surface area contributed by atoms with Crippen LogP contribution in [-0.4, -0.2) is 23.3 Å². The number of nitrogens with zero attached hydrogens (tertiary/aromatic N) is 1. The molecule has 1 aromatic heterocycles. The van der Waals surface area contributed by atoms with Crippen LogP contribution in [0.3, 0.4) is 0 Å². The molecule has 1 heterocycles. The fourth-order valence-corrected chi connectivity index (χ4v) is 3.54. The van der Waals surface area contributed by atoms with E-state index in [1.807, 2.05) is 29.6 Å². The van der Waals surface area contributed by atoms with Gasteiger partial charge in [0.05, 0.1) is 23.9 Å². The van der Waals surface area contributed by atoms with Crippen LogP contribution >= 0.6 is 23.1 Å². The van der Waals surface area contributed by atoms with E-state index in [1.54, 1.807) is 19.1 Å². The van der Waals surface area contributed by atoms with Gasteiger partial charge >= 0.3 is 0 Å². The summed E-state index contributed by atoms with van der Waals surface area (Å²) in [5.41, 5.74) is 0.668. The fraction of sp³-hybridized carbons (Fsp3) is 0.294. The van der Waals surface area contributed by atoms with Crippen molar-refractivity contribution in [3.8, 4) is 6.07 Å². The predicted molar refractivity (Wildman–Crippen MR) is 94.2 cm³/mol. The second-order valence-electron chi connectivity index (χ2n) is 5.33. The molecule has 2 rings (SSSR count). The molecule has 0 aliphatic carbocycles. The highest BCUT2D eigenvalue weighted by Gasteiger charge is 2.24. The van der Waals surface area contributed by atoms with Gasteiger partial charge in [0.15, 0.2) is 0 Å². The summed E-state index contributed by atoms with van der Waals surface area (Å²) in [5.74, 6) is 0.946. The van der Waals surface area contributed by atoms with E-state index in [9.17, 15) is 9.90 Å². The lowest BCUT2D eigenvalue weighted by Crippen LogP contribution is -2.38. The number of thiophene rings is 1. The lowest BCUT2D eigenvalue weighted by molar-refractivity contribution is -0.119. The molecular weight excluding hydrogens is 328 g/mol. The van der Waals surface area contributed by atoms with E-state index < -0.39 is 5.60 Å². The van der Waals surface area contributed by atoms with Crippen LogP contribution in [0.25, 0.3) is 0 Å². The van der Waals surface area contributed by atoms with E-state index in [4.69, 9.17) is 5.26 Å². The zero-order chi connectivity index (χ0) is 16.7. The van der Waals surface area contributed by atoms with Crippen molar-refractivity contribution in [3.05, 3.63) is 57.8 Å². The second-order valence-corrected chi connectivity index (χ2v) is 7.26. The number of amides is 1. The second kappa shape index (κ2) is 8.16. The van der Waals surface area contributed by atoms with Gasteiger partial charge in [-0.15, -0.1) is 23.1 Å². The van der Waals surface area contributed by atoms with Gasteiger partial charge < -0.3 is 10.4 Å². The third-order valence-corrected chi connectivity index (χ3v) is 5.39. The van der Waals surface area contributed by atoms with Gasteiger partial charge in [-0.1, -0.05) is 18.2 Å². The molecule has 1 atom stereocenters. The molecule has 1 amide bonds. The zero-order valence-corrected chi connectivity index (χ0v) is 14.4. The minimum Gasteiger partial charge on any atom is -0.383 e. The number of rotatable bonds is 7. The number of nitrogens with one attached hydrogen (secondary N) is 1. The number of hydrogen-bond donors (Lipinski definition) is 2. The van der Waals surface area contributed by atoms with Crippen molar-refractivity contribution in [2.24, 2.45) is 0 Å². The summed E-state index contributed by atoms with van der Waals surface area (Å²) in [4.78, 5) is 12.7. The molecule has 0 bridgehead atoms. The first-order valence-corrected chi connectivity index (χ1v) is 9.14. The molecule has 1 unspecified atom stereocenters. The van der Waals surface area contributed by atoms with Crippen LogP contribution in [0.1, 0.15) is 22.9 Å². The Balaban J connectivity index is 1.72. The average molecular weight is 346 g/mol.